The van der Waals surface area contributed by atoms with Crippen LogP contribution in [0.1, 0.15) is 303 Å². The van der Waals surface area contributed by atoms with Gasteiger partial charge < -0.3 is 15.5 Å². The molecule has 57 heavy (non-hydrogen) atoms. The molecule has 3 N–H and O–H groups in total. The summed E-state index contributed by atoms with van der Waals surface area (Å²) in [5, 5.41) is 22.9. The van der Waals surface area contributed by atoms with Gasteiger partial charge in [0.25, 0.3) is 0 Å². The maximum absolute atomic E-state index is 12.4. The number of carbonyl (C=O) groups excluding carboxylic acids is 1. The maximum atomic E-state index is 12.4. The van der Waals surface area contributed by atoms with E-state index < -0.39 is 12.1 Å². The molecule has 2 unspecified atom stereocenters. The van der Waals surface area contributed by atoms with Gasteiger partial charge in [-0.3, -0.25) is 4.79 Å². The molecule has 4 nitrogen and oxygen atoms in total. The minimum Gasteiger partial charge on any atom is -0.394 e. The number of carbonyl (C=O) groups is 1. The van der Waals surface area contributed by atoms with Crippen molar-refractivity contribution in [1.29, 1.82) is 0 Å². The summed E-state index contributed by atoms with van der Waals surface area (Å²) in [6.45, 7) is 4.30. The Morgan fingerprint density at radius 3 is 0.912 bits per heavy atom. The molecule has 0 aliphatic carbocycles. The van der Waals surface area contributed by atoms with E-state index in [9.17, 15) is 15.0 Å². The summed E-state index contributed by atoms with van der Waals surface area (Å²) in [6.07, 6.45) is 63.9. The number of amides is 1. The van der Waals surface area contributed by atoms with Gasteiger partial charge in [-0.1, -0.05) is 289 Å². The molecule has 2 atom stereocenters. The zero-order valence-electron chi connectivity index (χ0n) is 39.1. The lowest BCUT2D eigenvalue weighted by Crippen LogP contribution is -2.45. The number of rotatable bonds is 49. The first-order valence-corrected chi connectivity index (χ1v) is 26.4. The Morgan fingerprint density at radius 1 is 0.404 bits per heavy atom. The van der Waals surface area contributed by atoms with E-state index in [1.54, 1.807) is 6.08 Å². The van der Waals surface area contributed by atoms with Gasteiger partial charge >= 0.3 is 0 Å². The van der Waals surface area contributed by atoms with Gasteiger partial charge in [-0.25, -0.2) is 0 Å². The highest BCUT2D eigenvalue weighted by Crippen LogP contribution is 2.18. The fourth-order valence-corrected chi connectivity index (χ4v) is 8.48. The summed E-state index contributed by atoms with van der Waals surface area (Å²) in [6, 6.07) is -0.615. The number of allylic oxidation sites excluding steroid dienone is 1. The van der Waals surface area contributed by atoms with Crippen LogP contribution in [0.3, 0.4) is 0 Å². The maximum Gasteiger partial charge on any atom is 0.220 e. The molecule has 0 heterocycles. The predicted octanol–water partition coefficient (Wildman–Crippen LogP) is 17.0. The van der Waals surface area contributed by atoms with Crippen molar-refractivity contribution in [3.63, 3.8) is 0 Å². The van der Waals surface area contributed by atoms with Crippen LogP contribution in [0.5, 0.6) is 0 Å². The molecular formula is C53H105NO3. The summed E-state index contributed by atoms with van der Waals surface area (Å²) in [7, 11) is 0. The molecule has 0 aromatic heterocycles. The first kappa shape index (κ1) is 56.1. The lowest BCUT2D eigenvalue weighted by Gasteiger charge is -2.20. The minimum atomic E-state index is -0.832. The summed E-state index contributed by atoms with van der Waals surface area (Å²) >= 11 is 0. The van der Waals surface area contributed by atoms with Gasteiger partial charge in [-0.15, -0.1) is 0 Å². The van der Waals surface area contributed by atoms with Crippen molar-refractivity contribution in [1.82, 2.24) is 5.32 Å². The highest BCUT2D eigenvalue weighted by molar-refractivity contribution is 5.76. The van der Waals surface area contributed by atoms with E-state index in [0.717, 1.165) is 25.7 Å². The van der Waals surface area contributed by atoms with E-state index in [0.29, 0.717) is 6.42 Å². The Kier molecular flexibility index (Phi) is 48.7. The Balaban J connectivity index is 3.31. The molecule has 0 aliphatic rings. The van der Waals surface area contributed by atoms with Crippen LogP contribution in [0, 0.1) is 0 Å². The number of nitrogens with one attached hydrogen (secondary N) is 1. The molecule has 0 saturated heterocycles. The minimum absolute atomic E-state index is 0.0604. The molecule has 1 amide bonds. The fourth-order valence-electron chi connectivity index (χ4n) is 8.48. The van der Waals surface area contributed by atoms with E-state index in [1.807, 2.05) is 6.08 Å². The number of hydrogen-bond acceptors (Lipinski definition) is 3. The number of hydrogen-bond donors (Lipinski definition) is 3. The number of aliphatic hydroxyl groups is 2. The van der Waals surface area contributed by atoms with E-state index in [4.69, 9.17) is 0 Å². The third kappa shape index (κ3) is 46.1. The van der Waals surface area contributed by atoms with E-state index in [-0.39, 0.29) is 12.5 Å². The van der Waals surface area contributed by atoms with Crippen LogP contribution in [0.4, 0.5) is 0 Å². The average Bonchev–Trinajstić information content (AvgIpc) is 3.22. The van der Waals surface area contributed by atoms with Crippen LogP contribution in [0.15, 0.2) is 12.2 Å². The fraction of sp³-hybridized carbons (Fsp3) is 0.943. The van der Waals surface area contributed by atoms with E-state index in [1.165, 1.54) is 257 Å². The lowest BCUT2D eigenvalue weighted by atomic mass is 10.0. The molecule has 0 aromatic carbocycles. The molecule has 4 heteroatoms. The van der Waals surface area contributed by atoms with Crippen LogP contribution >= 0.6 is 0 Å². The molecule has 0 bridgehead atoms. The quantitative estimate of drug-likeness (QED) is 0.0424. The Labute approximate surface area is 358 Å². The van der Waals surface area contributed by atoms with Gasteiger partial charge in [0, 0.05) is 6.42 Å². The Morgan fingerprint density at radius 2 is 0.649 bits per heavy atom. The van der Waals surface area contributed by atoms with Crippen molar-refractivity contribution < 1.29 is 15.0 Å². The molecule has 0 radical (unpaired) electrons. The van der Waals surface area contributed by atoms with Crippen molar-refractivity contribution in [2.45, 2.75) is 315 Å². The lowest BCUT2D eigenvalue weighted by molar-refractivity contribution is -0.123. The first-order valence-electron chi connectivity index (χ1n) is 26.4. The second kappa shape index (κ2) is 49.5. The van der Waals surface area contributed by atoms with Gasteiger partial charge in [0.05, 0.1) is 18.8 Å². The third-order valence-corrected chi connectivity index (χ3v) is 12.5. The molecular weight excluding hydrogens is 699 g/mol. The second-order valence-electron chi connectivity index (χ2n) is 18.3. The average molecular weight is 804 g/mol. The first-order chi connectivity index (χ1) is 28.2. The monoisotopic (exact) mass is 804 g/mol. The molecule has 0 spiro atoms. The van der Waals surface area contributed by atoms with E-state index >= 15 is 0 Å². The highest BCUT2D eigenvalue weighted by Gasteiger charge is 2.18. The summed E-state index contributed by atoms with van der Waals surface area (Å²) in [5.41, 5.74) is 0. The van der Waals surface area contributed by atoms with Gasteiger partial charge in [0.1, 0.15) is 0 Å². The van der Waals surface area contributed by atoms with Crippen molar-refractivity contribution in [3.05, 3.63) is 12.2 Å². The Hall–Kier alpha value is -0.870. The van der Waals surface area contributed by atoms with Crippen LogP contribution in [-0.4, -0.2) is 34.9 Å². The SMILES string of the molecule is CCCCCCCCC/C=C/C(O)C(CO)NC(=O)CCCCCCCCCCCCCCCCCCCCCCCCCCCCCCCCCCCCCC. The van der Waals surface area contributed by atoms with Crippen LogP contribution in [-0.2, 0) is 4.79 Å². The molecule has 0 saturated carbocycles. The van der Waals surface area contributed by atoms with Gasteiger partial charge in [0.15, 0.2) is 0 Å². The third-order valence-electron chi connectivity index (χ3n) is 12.5. The topological polar surface area (TPSA) is 69.6 Å². The van der Waals surface area contributed by atoms with Crippen molar-refractivity contribution >= 4 is 5.91 Å². The zero-order chi connectivity index (χ0) is 41.4. The van der Waals surface area contributed by atoms with Crippen LogP contribution in [0.25, 0.3) is 0 Å². The predicted molar refractivity (Wildman–Crippen MR) is 253 cm³/mol. The van der Waals surface area contributed by atoms with Crippen LogP contribution < -0.4 is 5.32 Å². The largest absolute Gasteiger partial charge is 0.394 e. The summed E-state index contributed by atoms with van der Waals surface area (Å²) in [4.78, 5) is 12.4. The zero-order valence-corrected chi connectivity index (χ0v) is 39.1. The Bertz CT molecular complexity index is 784. The van der Waals surface area contributed by atoms with Gasteiger partial charge in [-0.05, 0) is 19.3 Å². The molecule has 0 rings (SSSR count). The summed E-state index contributed by atoms with van der Waals surface area (Å²) in [5.74, 6) is -0.0604. The molecule has 0 aromatic rings. The highest BCUT2D eigenvalue weighted by atomic mass is 16.3. The van der Waals surface area contributed by atoms with Crippen LogP contribution in [0.2, 0.25) is 0 Å². The molecule has 0 fully saturated rings. The van der Waals surface area contributed by atoms with Crippen molar-refractivity contribution in [3.8, 4) is 0 Å². The molecule has 340 valence electrons. The molecule has 0 aliphatic heterocycles. The van der Waals surface area contributed by atoms with Gasteiger partial charge in [-0.2, -0.15) is 0 Å². The van der Waals surface area contributed by atoms with Gasteiger partial charge in [0.2, 0.25) is 5.91 Å². The number of aliphatic hydroxyl groups excluding tert-OH is 2. The smallest absolute Gasteiger partial charge is 0.220 e. The standard InChI is InChI=1S/C53H105NO3/c1-3-5-7-9-11-13-14-15-16-17-18-19-20-21-22-23-24-25-26-27-28-29-30-31-32-33-34-35-36-37-38-39-41-43-45-47-49-53(57)54-51(50-55)52(56)48-46-44-42-40-12-10-8-6-4-2/h46,48,51-52,55-56H,3-45,47,49-50H2,1-2H3,(H,54,57)/b48-46+. The second-order valence-corrected chi connectivity index (χ2v) is 18.3. The van der Waals surface area contributed by atoms with Crippen molar-refractivity contribution in [2.75, 3.05) is 6.61 Å². The normalized spacial score (nSPS) is 12.8. The summed E-state index contributed by atoms with van der Waals surface area (Å²) < 4.78 is 0. The van der Waals surface area contributed by atoms with E-state index in [2.05, 4.69) is 19.2 Å². The number of unbranched alkanes of at least 4 members (excludes halogenated alkanes) is 42. The van der Waals surface area contributed by atoms with Crippen molar-refractivity contribution in [2.24, 2.45) is 0 Å².